The van der Waals surface area contributed by atoms with Crippen LogP contribution in [-0.4, -0.2) is 26.7 Å². The Morgan fingerprint density at radius 2 is 1.90 bits per heavy atom. The van der Waals surface area contributed by atoms with Crippen molar-refractivity contribution in [3.05, 3.63) is 29.6 Å². The second-order valence-electron chi connectivity index (χ2n) is 5.18. The van der Waals surface area contributed by atoms with E-state index in [4.69, 9.17) is 0 Å². The van der Waals surface area contributed by atoms with Gasteiger partial charge in [-0.05, 0) is 30.7 Å². The Balaban J connectivity index is 2.63. The highest BCUT2D eigenvalue weighted by molar-refractivity contribution is 5.48. The zero-order valence-corrected chi connectivity index (χ0v) is 11.9. The molecule has 0 bridgehead atoms. The molecule has 20 heavy (non-hydrogen) atoms. The van der Waals surface area contributed by atoms with Gasteiger partial charge >= 0.3 is 6.18 Å². The van der Waals surface area contributed by atoms with E-state index in [0.717, 1.165) is 12.6 Å². The molecule has 0 aliphatic rings. The molecule has 0 aliphatic heterocycles. The van der Waals surface area contributed by atoms with E-state index in [-0.39, 0.29) is 5.69 Å². The SMILES string of the molecule is CC(C)CNCCN(C)c1ccc(C(F)(F)F)cc1F. The minimum absolute atomic E-state index is 0.171. The molecule has 0 aliphatic carbocycles. The van der Waals surface area contributed by atoms with Gasteiger partial charge in [0.25, 0.3) is 0 Å². The Morgan fingerprint density at radius 3 is 2.40 bits per heavy atom. The average Bonchev–Trinajstić information content (AvgIpc) is 2.32. The summed E-state index contributed by atoms with van der Waals surface area (Å²) in [5.74, 6) is -0.339. The van der Waals surface area contributed by atoms with Crippen molar-refractivity contribution >= 4 is 5.69 Å². The lowest BCUT2D eigenvalue weighted by Gasteiger charge is -2.21. The molecule has 0 atom stereocenters. The van der Waals surface area contributed by atoms with Crippen LogP contribution in [0.2, 0.25) is 0 Å². The van der Waals surface area contributed by atoms with E-state index in [0.29, 0.717) is 25.1 Å². The molecule has 0 spiro atoms. The first-order valence-corrected chi connectivity index (χ1v) is 6.50. The Hall–Kier alpha value is -1.30. The number of rotatable bonds is 6. The number of likely N-dealkylation sites (N-methyl/N-ethyl adjacent to an activating group) is 1. The van der Waals surface area contributed by atoms with E-state index >= 15 is 0 Å². The van der Waals surface area contributed by atoms with Gasteiger partial charge in [0.1, 0.15) is 5.82 Å². The van der Waals surface area contributed by atoms with Crippen molar-refractivity contribution in [2.45, 2.75) is 20.0 Å². The van der Waals surface area contributed by atoms with Gasteiger partial charge in [0.15, 0.2) is 0 Å². The molecule has 0 saturated heterocycles. The number of nitrogens with zero attached hydrogens (tertiary/aromatic N) is 1. The monoisotopic (exact) mass is 292 g/mol. The van der Waals surface area contributed by atoms with Gasteiger partial charge in [-0.25, -0.2) is 4.39 Å². The summed E-state index contributed by atoms with van der Waals surface area (Å²) in [7, 11) is 1.66. The van der Waals surface area contributed by atoms with Gasteiger partial charge in [0.2, 0.25) is 0 Å². The maximum Gasteiger partial charge on any atom is 0.416 e. The molecule has 0 aromatic heterocycles. The zero-order chi connectivity index (χ0) is 15.3. The molecule has 0 radical (unpaired) electrons. The quantitative estimate of drug-likeness (QED) is 0.637. The summed E-state index contributed by atoms with van der Waals surface area (Å²) in [6.45, 7) is 6.17. The van der Waals surface area contributed by atoms with Gasteiger partial charge in [-0.3, -0.25) is 0 Å². The summed E-state index contributed by atoms with van der Waals surface area (Å²) < 4.78 is 51.0. The second-order valence-corrected chi connectivity index (χ2v) is 5.18. The van der Waals surface area contributed by atoms with Crippen molar-refractivity contribution in [1.82, 2.24) is 5.32 Å². The Labute approximate surface area is 116 Å². The standard InChI is InChI=1S/C14H20F4N2/c1-10(2)9-19-6-7-20(3)13-5-4-11(8-12(13)15)14(16,17)18/h4-5,8,10,19H,6-7,9H2,1-3H3. The lowest BCUT2D eigenvalue weighted by atomic mass is 10.2. The molecule has 1 aromatic rings. The first kappa shape index (κ1) is 16.8. The largest absolute Gasteiger partial charge is 0.416 e. The third-order valence-corrected chi connectivity index (χ3v) is 2.86. The molecular formula is C14H20F4N2. The first-order chi connectivity index (χ1) is 9.21. The average molecular weight is 292 g/mol. The van der Waals surface area contributed by atoms with Crippen molar-refractivity contribution < 1.29 is 17.6 Å². The molecule has 0 amide bonds. The lowest BCUT2D eigenvalue weighted by Crippen LogP contribution is -2.31. The molecule has 6 heteroatoms. The highest BCUT2D eigenvalue weighted by atomic mass is 19.4. The highest BCUT2D eigenvalue weighted by Gasteiger charge is 2.31. The van der Waals surface area contributed by atoms with E-state index in [1.807, 2.05) is 0 Å². The van der Waals surface area contributed by atoms with Crippen LogP contribution in [-0.2, 0) is 6.18 Å². The van der Waals surface area contributed by atoms with Crippen molar-refractivity contribution in [3.63, 3.8) is 0 Å². The van der Waals surface area contributed by atoms with Crippen LogP contribution in [0.25, 0.3) is 0 Å². The van der Waals surface area contributed by atoms with Crippen LogP contribution in [0.5, 0.6) is 0 Å². The molecule has 0 unspecified atom stereocenters. The molecule has 0 saturated carbocycles. The lowest BCUT2D eigenvalue weighted by molar-refractivity contribution is -0.137. The smallest absolute Gasteiger partial charge is 0.371 e. The van der Waals surface area contributed by atoms with Crippen LogP contribution in [0.3, 0.4) is 0 Å². The van der Waals surface area contributed by atoms with E-state index < -0.39 is 17.6 Å². The third-order valence-electron chi connectivity index (χ3n) is 2.86. The number of halogens is 4. The highest BCUT2D eigenvalue weighted by Crippen LogP contribution is 2.31. The minimum Gasteiger partial charge on any atom is -0.371 e. The fourth-order valence-electron chi connectivity index (χ4n) is 1.75. The van der Waals surface area contributed by atoms with Crippen LogP contribution in [0.1, 0.15) is 19.4 Å². The summed E-state index contributed by atoms with van der Waals surface area (Å²) in [5.41, 5.74) is -0.797. The Kier molecular flexibility index (Phi) is 5.80. The first-order valence-electron chi connectivity index (χ1n) is 6.50. The molecule has 1 aromatic carbocycles. The van der Waals surface area contributed by atoms with E-state index in [2.05, 4.69) is 19.2 Å². The van der Waals surface area contributed by atoms with Crippen molar-refractivity contribution in [1.29, 1.82) is 0 Å². The second kappa shape index (κ2) is 6.92. The summed E-state index contributed by atoms with van der Waals surface area (Å²) in [6, 6.07) is 2.60. The third kappa shape index (κ3) is 5.00. The van der Waals surface area contributed by atoms with Crippen LogP contribution < -0.4 is 10.2 Å². The van der Waals surface area contributed by atoms with Gasteiger partial charge in [0, 0.05) is 20.1 Å². The van der Waals surface area contributed by atoms with Crippen LogP contribution in [0, 0.1) is 11.7 Å². The van der Waals surface area contributed by atoms with Gasteiger partial charge < -0.3 is 10.2 Å². The van der Waals surface area contributed by atoms with Crippen LogP contribution in [0.15, 0.2) is 18.2 Å². The molecule has 1 rings (SSSR count). The molecule has 2 nitrogen and oxygen atoms in total. The minimum atomic E-state index is -4.52. The van der Waals surface area contributed by atoms with Gasteiger partial charge in [-0.1, -0.05) is 13.8 Å². The van der Waals surface area contributed by atoms with E-state index in [1.165, 1.54) is 6.07 Å². The van der Waals surface area contributed by atoms with Crippen LogP contribution >= 0.6 is 0 Å². The Bertz CT molecular complexity index is 430. The fourth-order valence-corrected chi connectivity index (χ4v) is 1.75. The summed E-state index contributed by atoms with van der Waals surface area (Å²) in [4.78, 5) is 1.60. The molecule has 1 N–H and O–H groups in total. The number of benzene rings is 1. The predicted molar refractivity (Wildman–Crippen MR) is 72.4 cm³/mol. The molecule has 114 valence electrons. The number of nitrogens with one attached hydrogen (secondary N) is 1. The summed E-state index contributed by atoms with van der Waals surface area (Å²) >= 11 is 0. The molecule has 0 fully saturated rings. The van der Waals surface area contributed by atoms with Crippen LogP contribution in [0.4, 0.5) is 23.2 Å². The maximum atomic E-state index is 13.7. The van der Waals surface area contributed by atoms with Crippen molar-refractivity contribution in [2.75, 3.05) is 31.6 Å². The van der Waals surface area contributed by atoms with Gasteiger partial charge in [-0.2, -0.15) is 13.2 Å². The maximum absolute atomic E-state index is 13.7. The number of hydrogen-bond acceptors (Lipinski definition) is 2. The normalized spacial score (nSPS) is 12.0. The van der Waals surface area contributed by atoms with E-state index in [1.54, 1.807) is 11.9 Å². The zero-order valence-electron chi connectivity index (χ0n) is 11.9. The molecular weight excluding hydrogens is 272 g/mol. The van der Waals surface area contributed by atoms with Crippen molar-refractivity contribution in [2.24, 2.45) is 5.92 Å². The molecule has 0 heterocycles. The summed E-state index contributed by atoms with van der Waals surface area (Å²) in [5, 5.41) is 3.20. The predicted octanol–water partition coefficient (Wildman–Crippen LogP) is 3.53. The van der Waals surface area contributed by atoms with Crippen molar-refractivity contribution in [3.8, 4) is 0 Å². The number of alkyl halides is 3. The fraction of sp³-hybridized carbons (Fsp3) is 0.571. The Morgan fingerprint density at radius 1 is 1.25 bits per heavy atom. The van der Waals surface area contributed by atoms with Gasteiger partial charge in [-0.15, -0.1) is 0 Å². The number of hydrogen-bond donors (Lipinski definition) is 1. The summed E-state index contributed by atoms with van der Waals surface area (Å²) in [6.07, 6.45) is -4.52. The number of anilines is 1. The van der Waals surface area contributed by atoms with E-state index in [9.17, 15) is 17.6 Å². The van der Waals surface area contributed by atoms with Gasteiger partial charge in [0.05, 0.1) is 11.3 Å². The topological polar surface area (TPSA) is 15.3 Å².